The first kappa shape index (κ1) is 19.7. The molecule has 1 heterocycles. The highest BCUT2D eigenvalue weighted by molar-refractivity contribution is 7.92. The molecule has 25 heavy (non-hydrogen) atoms. The molecule has 140 valence electrons. The Hall–Kier alpha value is -1.61. The molecular weight excluding hydrogens is 364 g/mol. The van der Waals surface area contributed by atoms with E-state index in [-0.39, 0.29) is 18.1 Å². The number of rotatable bonds is 5. The molecule has 0 aliphatic carbocycles. The number of hydrogen-bond donors (Lipinski definition) is 0. The minimum atomic E-state index is -3.66. The average Bonchev–Trinajstić information content (AvgIpc) is 2.86. The first-order valence-corrected chi connectivity index (χ1v) is 11.6. The first-order chi connectivity index (χ1) is 11.4. The smallest absolute Gasteiger partial charge is 0.243 e. The van der Waals surface area contributed by atoms with Crippen molar-refractivity contribution in [3.63, 3.8) is 0 Å². The second kappa shape index (κ2) is 6.95. The summed E-state index contributed by atoms with van der Waals surface area (Å²) in [7, 11) is -5.26. The van der Waals surface area contributed by atoms with E-state index < -0.39 is 31.8 Å². The number of anilines is 1. The van der Waals surface area contributed by atoms with Crippen molar-refractivity contribution in [2.24, 2.45) is 0 Å². The molecule has 0 N–H and O–H groups in total. The summed E-state index contributed by atoms with van der Waals surface area (Å²) in [6, 6.07) is 4.87. The predicted octanol–water partition coefficient (Wildman–Crippen LogP) is 0.715. The van der Waals surface area contributed by atoms with Crippen molar-refractivity contribution in [3.8, 4) is 0 Å². The van der Waals surface area contributed by atoms with Crippen molar-refractivity contribution in [1.29, 1.82) is 0 Å². The molecule has 0 aromatic heterocycles. The van der Waals surface area contributed by atoms with E-state index in [4.69, 9.17) is 0 Å². The highest BCUT2D eigenvalue weighted by Crippen LogP contribution is 2.25. The monoisotopic (exact) mass is 388 g/mol. The van der Waals surface area contributed by atoms with Gasteiger partial charge in [0.15, 0.2) is 9.84 Å². The number of sulfone groups is 1. The minimum Gasteiger partial charge on any atom is -0.340 e. The van der Waals surface area contributed by atoms with Crippen LogP contribution in [0.5, 0.6) is 0 Å². The fourth-order valence-corrected chi connectivity index (χ4v) is 5.58. The second-order valence-corrected chi connectivity index (χ2v) is 10.7. The molecule has 1 amide bonds. The Balaban J connectivity index is 2.26. The third-order valence-electron chi connectivity index (χ3n) is 4.67. The van der Waals surface area contributed by atoms with Crippen molar-refractivity contribution in [1.82, 2.24) is 4.90 Å². The number of carbonyl (C=O) groups is 1. The van der Waals surface area contributed by atoms with Gasteiger partial charge in [0.05, 0.1) is 23.4 Å². The molecule has 0 bridgehead atoms. The van der Waals surface area contributed by atoms with Crippen LogP contribution in [0.4, 0.5) is 5.69 Å². The van der Waals surface area contributed by atoms with Gasteiger partial charge < -0.3 is 4.90 Å². The highest BCUT2D eigenvalue weighted by atomic mass is 32.2. The largest absolute Gasteiger partial charge is 0.340 e. The molecule has 9 heteroatoms. The van der Waals surface area contributed by atoms with Crippen LogP contribution in [0.3, 0.4) is 0 Å². The summed E-state index contributed by atoms with van der Waals surface area (Å²) in [6.07, 6.45) is 1.44. The lowest BCUT2D eigenvalue weighted by Gasteiger charge is -2.29. The Bertz CT molecular complexity index is 878. The van der Waals surface area contributed by atoms with E-state index in [1.807, 2.05) is 13.0 Å². The molecule has 0 saturated carbocycles. The molecule has 1 atom stereocenters. The van der Waals surface area contributed by atoms with Gasteiger partial charge >= 0.3 is 0 Å². The number of hydrogen-bond acceptors (Lipinski definition) is 5. The van der Waals surface area contributed by atoms with Crippen molar-refractivity contribution in [2.45, 2.75) is 26.3 Å². The van der Waals surface area contributed by atoms with Crippen molar-refractivity contribution < 1.29 is 21.6 Å². The molecule has 7 nitrogen and oxygen atoms in total. The number of nitrogens with zero attached hydrogens (tertiary/aromatic N) is 2. The first-order valence-electron chi connectivity index (χ1n) is 7.92. The molecule has 0 spiro atoms. The number of likely N-dealkylation sites (N-methyl/N-ethyl adjacent to an activating group) is 1. The highest BCUT2D eigenvalue weighted by Gasteiger charge is 2.34. The van der Waals surface area contributed by atoms with Crippen LogP contribution in [0.15, 0.2) is 18.2 Å². The maximum Gasteiger partial charge on any atom is 0.243 e. The molecule has 0 radical (unpaired) electrons. The summed E-state index contributed by atoms with van der Waals surface area (Å²) in [5.74, 6) is -0.437. The Morgan fingerprint density at radius 2 is 1.92 bits per heavy atom. The van der Waals surface area contributed by atoms with Gasteiger partial charge in [-0.25, -0.2) is 16.8 Å². The Morgan fingerprint density at radius 3 is 2.44 bits per heavy atom. The minimum absolute atomic E-state index is 0.0576. The van der Waals surface area contributed by atoms with Gasteiger partial charge in [-0.2, -0.15) is 0 Å². The van der Waals surface area contributed by atoms with Crippen LogP contribution in [0.1, 0.15) is 17.5 Å². The van der Waals surface area contributed by atoms with Gasteiger partial charge in [-0.3, -0.25) is 9.10 Å². The fraction of sp³-hybridized carbons (Fsp3) is 0.562. The zero-order valence-corrected chi connectivity index (χ0v) is 16.5. The van der Waals surface area contributed by atoms with Crippen LogP contribution in [0.2, 0.25) is 0 Å². The fourth-order valence-electron chi connectivity index (χ4n) is 2.91. The predicted molar refractivity (Wildman–Crippen MR) is 97.9 cm³/mol. The van der Waals surface area contributed by atoms with Crippen LogP contribution >= 0.6 is 0 Å². The molecule has 2 rings (SSSR count). The number of amides is 1. The maximum absolute atomic E-state index is 12.6. The molecule has 1 aliphatic heterocycles. The third kappa shape index (κ3) is 4.52. The molecule has 1 saturated heterocycles. The average molecular weight is 389 g/mol. The lowest BCUT2D eigenvalue weighted by atomic mass is 10.1. The van der Waals surface area contributed by atoms with Crippen molar-refractivity contribution in [2.75, 3.05) is 35.7 Å². The molecular formula is C16H24N2O5S2. The topological polar surface area (TPSA) is 91.8 Å². The lowest BCUT2D eigenvalue weighted by molar-refractivity contribution is -0.129. The van der Waals surface area contributed by atoms with E-state index in [9.17, 15) is 21.6 Å². The zero-order chi connectivity index (χ0) is 19.0. The van der Waals surface area contributed by atoms with Crippen LogP contribution < -0.4 is 4.31 Å². The van der Waals surface area contributed by atoms with E-state index in [1.165, 1.54) is 11.9 Å². The quantitative estimate of drug-likeness (QED) is 0.741. The molecule has 1 aromatic rings. The molecule has 1 unspecified atom stereocenters. The van der Waals surface area contributed by atoms with E-state index in [1.54, 1.807) is 19.1 Å². The summed E-state index contributed by atoms with van der Waals surface area (Å²) < 4.78 is 48.8. The van der Waals surface area contributed by atoms with Crippen molar-refractivity contribution in [3.05, 3.63) is 29.3 Å². The van der Waals surface area contributed by atoms with E-state index in [0.717, 1.165) is 21.7 Å². The van der Waals surface area contributed by atoms with E-state index in [2.05, 4.69) is 0 Å². The van der Waals surface area contributed by atoms with Gasteiger partial charge in [0.1, 0.15) is 6.54 Å². The summed E-state index contributed by atoms with van der Waals surface area (Å²) in [5, 5.41) is 0. The molecule has 1 fully saturated rings. The number of benzene rings is 1. The van der Waals surface area contributed by atoms with Gasteiger partial charge in [-0.1, -0.05) is 12.1 Å². The third-order valence-corrected chi connectivity index (χ3v) is 7.55. The Morgan fingerprint density at radius 1 is 1.28 bits per heavy atom. The zero-order valence-electron chi connectivity index (χ0n) is 14.9. The second-order valence-electron chi connectivity index (χ2n) is 6.55. The van der Waals surface area contributed by atoms with Crippen LogP contribution in [0, 0.1) is 13.8 Å². The van der Waals surface area contributed by atoms with Crippen LogP contribution in [-0.2, 0) is 24.7 Å². The van der Waals surface area contributed by atoms with Crippen LogP contribution in [0.25, 0.3) is 0 Å². The van der Waals surface area contributed by atoms with Crippen LogP contribution in [-0.4, -0.2) is 65.0 Å². The lowest BCUT2D eigenvalue weighted by Crippen LogP contribution is -2.45. The van der Waals surface area contributed by atoms with Gasteiger partial charge in [0.25, 0.3) is 0 Å². The Kier molecular flexibility index (Phi) is 5.48. The summed E-state index contributed by atoms with van der Waals surface area (Å²) in [4.78, 5) is 13.9. The van der Waals surface area contributed by atoms with Gasteiger partial charge in [-0.15, -0.1) is 0 Å². The number of aryl methyl sites for hydroxylation is 1. The van der Waals surface area contributed by atoms with E-state index in [0.29, 0.717) is 12.1 Å². The summed E-state index contributed by atoms with van der Waals surface area (Å²) in [6.45, 7) is 3.33. The normalized spacial score (nSPS) is 19.6. The van der Waals surface area contributed by atoms with Gasteiger partial charge in [0, 0.05) is 13.1 Å². The number of carbonyl (C=O) groups excluding carboxylic acids is 1. The van der Waals surface area contributed by atoms with E-state index >= 15 is 0 Å². The molecule has 1 aliphatic rings. The van der Waals surface area contributed by atoms with Gasteiger partial charge in [0.2, 0.25) is 15.9 Å². The van der Waals surface area contributed by atoms with Gasteiger partial charge in [-0.05, 0) is 37.5 Å². The standard InChI is InChI=1S/C16H24N2O5S2/c1-12-6-5-7-15(13(12)2)18(24(4,20)21)10-16(19)17(3)14-8-9-25(22,23)11-14/h5-7,14H,8-11H2,1-4H3. The SMILES string of the molecule is Cc1cccc(N(CC(=O)N(C)C2CCS(=O)(=O)C2)S(C)(=O)=O)c1C. The summed E-state index contributed by atoms with van der Waals surface area (Å²) in [5.41, 5.74) is 2.17. The summed E-state index contributed by atoms with van der Waals surface area (Å²) >= 11 is 0. The molecule has 1 aromatic carbocycles. The maximum atomic E-state index is 12.6. The Labute approximate surface area is 149 Å². The number of sulfonamides is 1. The van der Waals surface area contributed by atoms with Crippen molar-refractivity contribution >= 4 is 31.5 Å².